The third kappa shape index (κ3) is 2.77. The van der Waals surface area contributed by atoms with Gasteiger partial charge in [-0.25, -0.2) is 0 Å². The topological polar surface area (TPSA) is 12.0 Å². The molecule has 3 heteroatoms. The molecule has 0 fully saturated rings. The second-order valence-electron chi connectivity index (χ2n) is 3.82. The Hall–Kier alpha value is -0.990. The van der Waals surface area contributed by atoms with E-state index in [4.69, 9.17) is 11.6 Å². The van der Waals surface area contributed by atoms with E-state index in [1.165, 1.54) is 9.75 Å². The van der Waals surface area contributed by atoms with Gasteiger partial charge in [0.1, 0.15) is 0 Å². The van der Waals surface area contributed by atoms with Gasteiger partial charge < -0.3 is 5.32 Å². The van der Waals surface area contributed by atoms with Crippen LogP contribution >= 0.6 is 22.9 Å². The van der Waals surface area contributed by atoms with Gasteiger partial charge in [0, 0.05) is 20.5 Å². The zero-order chi connectivity index (χ0) is 11.5. The summed E-state index contributed by atoms with van der Waals surface area (Å²) in [5.41, 5.74) is 1.10. The number of aryl methyl sites for hydroxylation is 1. The van der Waals surface area contributed by atoms with Crippen molar-refractivity contribution in [2.24, 2.45) is 0 Å². The van der Waals surface area contributed by atoms with E-state index in [0.717, 1.165) is 10.7 Å². The second kappa shape index (κ2) is 4.89. The number of nitrogens with one attached hydrogen (secondary N) is 1. The predicted octanol–water partition coefficient (Wildman–Crippen LogP) is 4.88. The Kier molecular flexibility index (Phi) is 3.52. The lowest BCUT2D eigenvalue weighted by atomic mass is 10.2. The molecule has 0 spiro atoms. The van der Waals surface area contributed by atoms with E-state index in [0.29, 0.717) is 6.04 Å². The summed E-state index contributed by atoms with van der Waals surface area (Å²) in [6.07, 6.45) is 0. The molecule has 1 unspecified atom stereocenters. The van der Waals surface area contributed by atoms with Crippen LogP contribution in [-0.2, 0) is 0 Å². The average molecular weight is 252 g/mol. The van der Waals surface area contributed by atoms with Crippen LogP contribution in [0.5, 0.6) is 0 Å². The van der Waals surface area contributed by atoms with Gasteiger partial charge >= 0.3 is 0 Å². The molecule has 1 aromatic carbocycles. The number of benzene rings is 1. The maximum atomic E-state index is 5.84. The summed E-state index contributed by atoms with van der Waals surface area (Å²) in [6.45, 7) is 4.29. The summed E-state index contributed by atoms with van der Waals surface area (Å²) in [7, 11) is 0. The van der Waals surface area contributed by atoms with E-state index in [1.54, 1.807) is 0 Å². The zero-order valence-electron chi connectivity index (χ0n) is 9.33. The molecule has 1 heterocycles. The Morgan fingerprint density at radius 3 is 2.38 bits per heavy atom. The smallest absolute Gasteiger partial charge is 0.0578 e. The monoisotopic (exact) mass is 251 g/mol. The molecule has 0 radical (unpaired) electrons. The van der Waals surface area contributed by atoms with Crippen molar-refractivity contribution in [3.05, 3.63) is 51.2 Å². The van der Waals surface area contributed by atoms with Crippen LogP contribution in [0.2, 0.25) is 5.02 Å². The Morgan fingerprint density at radius 2 is 1.81 bits per heavy atom. The van der Waals surface area contributed by atoms with E-state index in [-0.39, 0.29) is 0 Å². The molecule has 16 heavy (non-hydrogen) atoms. The van der Waals surface area contributed by atoms with Gasteiger partial charge in [-0.05, 0) is 50.2 Å². The molecule has 1 atom stereocenters. The molecule has 2 rings (SSSR count). The number of anilines is 1. The molecule has 2 aromatic rings. The van der Waals surface area contributed by atoms with Crippen molar-refractivity contribution in [1.29, 1.82) is 0 Å². The lowest BCUT2D eigenvalue weighted by Gasteiger charge is -2.13. The van der Waals surface area contributed by atoms with Gasteiger partial charge in [0.25, 0.3) is 0 Å². The van der Waals surface area contributed by atoms with Gasteiger partial charge in [0.05, 0.1) is 6.04 Å². The summed E-state index contributed by atoms with van der Waals surface area (Å²) < 4.78 is 0. The van der Waals surface area contributed by atoms with Crippen LogP contribution in [-0.4, -0.2) is 0 Å². The van der Waals surface area contributed by atoms with E-state index >= 15 is 0 Å². The van der Waals surface area contributed by atoms with Crippen LogP contribution in [0.25, 0.3) is 0 Å². The minimum absolute atomic E-state index is 0.333. The molecule has 0 bridgehead atoms. The summed E-state index contributed by atoms with van der Waals surface area (Å²) in [5, 5.41) is 4.22. The Labute approximate surface area is 105 Å². The number of halogens is 1. The second-order valence-corrected chi connectivity index (χ2v) is 5.58. The van der Waals surface area contributed by atoms with Gasteiger partial charge in [0.15, 0.2) is 0 Å². The number of hydrogen-bond acceptors (Lipinski definition) is 2. The molecule has 1 aromatic heterocycles. The Balaban J connectivity index is 2.07. The SMILES string of the molecule is Cc1ccc(C(C)Nc2ccc(Cl)cc2)s1. The van der Waals surface area contributed by atoms with Crippen LogP contribution in [0.15, 0.2) is 36.4 Å². The summed E-state index contributed by atoms with van der Waals surface area (Å²) in [6, 6.07) is 12.5. The fourth-order valence-electron chi connectivity index (χ4n) is 1.55. The Morgan fingerprint density at radius 1 is 1.12 bits per heavy atom. The van der Waals surface area contributed by atoms with Gasteiger partial charge in [-0.3, -0.25) is 0 Å². The van der Waals surface area contributed by atoms with Crippen LogP contribution in [0.1, 0.15) is 22.7 Å². The summed E-state index contributed by atoms with van der Waals surface area (Å²) in [4.78, 5) is 2.70. The molecule has 0 aliphatic rings. The minimum Gasteiger partial charge on any atom is -0.378 e. The maximum absolute atomic E-state index is 5.84. The molecule has 0 aliphatic heterocycles. The van der Waals surface area contributed by atoms with Crippen LogP contribution in [0, 0.1) is 6.92 Å². The van der Waals surface area contributed by atoms with Gasteiger partial charge in [0.2, 0.25) is 0 Å². The van der Waals surface area contributed by atoms with Crippen molar-refractivity contribution in [1.82, 2.24) is 0 Å². The van der Waals surface area contributed by atoms with Crippen molar-refractivity contribution >= 4 is 28.6 Å². The average Bonchev–Trinajstić information content (AvgIpc) is 2.68. The normalized spacial score (nSPS) is 12.4. The first-order valence-corrected chi connectivity index (χ1v) is 6.43. The minimum atomic E-state index is 0.333. The molecule has 1 nitrogen and oxygen atoms in total. The lowest BCUT2D eigenvalue weighted by Crippen LogP contribution is -2.04. The van der Waals surface area contributed by atoms with Crippen molar-refractivity contribution < 1.29 is 0 Å². The highest BCUT2D eigenvalue weighted by molar-refractivity contribution is 7.12. The molecule has 0 saturated heterocycles. The highest BCUT2D eigenvalue weighted by atomic mass is 35.5. The highest BCUT2D eigenvalue weighted by Crippen LogP contribution is 2.26. The number of hydrogen-bond donors (Lipinski definition) is 1. The lowest BCUT2D eigenvalue weighted by molar-refractivity contribution is 0.908. The summed E-state index contributed by atoms with van der Waals surface area (Å²) >= 11 is 7.67. The van der Waals surface area contributed by atoms with E-state index < -0.39 is 0 Å². The largest absolute Gasteiger partial charge is 0.378 e. The van der Waals surface area contributed by atoms with Gasteiger partial charge in [-0.15, -0.1) is 11.3 Å². The zero-order valence-corrected chi connectivity index (χ0v) is 10.9. The first-order valence-electron chi connectivity index (χ1n) is 5.23. The molecule has 0 amide bonds. The van der Waals surface area contributed by atoms with Gasteiger partial charge in [-0.1, -0.05) is 11.6 Å². The van der Waals surface area contributed by atoms with E-state index in [9.17, 15) is 0 Å². The highest BCUT2D eigenvalue weighted by Gasteiger charge is 2.06. The first kappa shape index (κ1) is 11.5. The van der Waals surface area contributed by atoms with E-state index in [2.05, 4.69) is 31.3 Å². The number of thiophene rings is 1. The first-order chi connectivity index (χ1) is 7.65. The molecule has 0 saturated carbocycles. The quantitative estimate of drug-likeness (QED) is 0.820. The molecular weight excluding hydrogens is 238 g/mol. The van der Waals surface area contributed by atoms with Crippen molar-refractivity contribution in [3.63, 3.8) is 0 Å². The van der Waals surface area contributed by atoms with Crippen LogP contribution in [0.3, 0.4) is 0 Å². The van der Waals surface area contributed by atoms with E-state index in [1.807, 2.05) is 35.6 Å². The Bertz CT molecular complexity index is 461. The van der Waals surface area contributed by atoms with Crippen LogP contribution < -0.4 is 5.32 Å². The summed E-state index contributed by atoms with van der Waals surface area (Å²) in [5.74, 6) is 0. The third-order valence-electron chi connectivity index (χ3n) is 2.42. The molecule has 84 valence electrons. The maximum Gasteiger partial charge on any atom is 0.0578 e. The predicted molar refractivity (Wildman–Crippen MR) is 72.5 cm³/mol. The molecule has 0 aliphatic carbocycles. The fraction of sp³-hybridized carbons (Fsp3) is 0.231. The van der Waals surface area contributed by atoms with Crippen molar-refractivity contribution in [2.75, 3.05) is 5.32 Å². The van der Waals surface area contributed by atoms with Gasteiger partial charge in [-0.2, -0.15) is 0 Å². The fourth-order valence-corrected chi connectivity index (χ4v) is 2.56. The number of rotatable bonds is 3. The van der Waals surface area contributed by atoms with Crippen molar-refractivity contribution in [2.45, 2.75) is 19.9 Å². The van der Waals surface area contributed by atoms with Crippen LogP contribution in [0.4, 0.5) is 5.69 Å². The third-order valence-corrected chi connectivity index (χ3v) is 3.85. The van der Waals surface area contributed by atoms with Crippen molar-refractivity contribution in [3.8, 4) is 0 Å². The molecule has 1 N–H and O–H groups in total. The standard InChI is InChI=1S/C13H14ClNS/c1-9-3-8-13(16-9)10(2)15-12-6-4-11(14)5-7-12/h3-8,10,15H,1-2H3. The molecular formula is C13H14ClNS.